The molecule has 4 aliphatic carbocycles. The quantitative estimate of drug-likeness (QED) is 0.184. The number of hydrogen-bond acceptors (Lipinski definition) is 10. The number of rotatable bonds is 11. The smallest absolute Gasteiger partial charge is 0.159 e. The summed E-state index contributed by atoms with van der Waals surface area (Å²) in [6.45, 7) is 8.75. The summed E-state index contributed by atoms with van der Waals surface area (Å²) < 4.78 is 17.7. The lowest BCUT2D eigenvalue weighted by molar-refractivity contribution is -0.201. The maximum Gasteiger partial charge on any atom is 0.159 e. The Labute approximate surface area is 275 Å². The number of carbonyl (C=O) groups excluding carboxylic acids is 1. The fourth-order valence-electron chi connectivity index (χ4n) is 11.5. The summed E-state index contributed by atoms with van der Waals surface area (Å²) in [5.41, 5.74) is -2.91. The van der Waals surface area contributed by atoms with E-state index in [1.54, 1.807) is 20.1 Å². The fourth-order valence-corrected chi connectivity index (χ4v) is 11.5. The molecule has 14 unspecified atom stereocenters. The van der Waals surface area contributed by atoms with E-state index < -0.39 is 47.1 Å². The predicted molar refractivity (Wildman–Crippen MR) is 173 cm³/mol. The number of allylic oxidation sites excluding steroid dienone is 1. The van der Waals surface area contributed by atoms with Crippen LogP contribution in [0.25, 0.3) is 0 Å². The molecule has 46 heavy (non-hydrogen) atoms. The molecule has 0 radical (unpaired) electrons. The van der Waals surface area contributed by atoms with E-state index in [9.17, 15) is 25.2 Å². The van der Waals surface area contributed by atoms with Crippen LogP contribution < -0.4 is 10.6 Å². The molecule has 0 aromatic rings. The number of ketones is 1. The van der Waals surface area contributed by atoms with Crippen LogP contribution in [0.3, 0.4) is 0 Å². The molecule has 2 saturated heterocycles. The van der Waals surface area contributed by atoms with Crippen molar-refractivity contribution in [2.24, 2.45) is 40.4 Å². The Kier molecular flexibility index (Phi) is 9.91. The van der Waals surface area contributed by atoms with Gasteiger partial charge in [0.15, 0.2) is 5.78 Å². The molecule has 262 valence electrons. The SMILES string of the molecule is CNCCC1C2CCNC(O)C2OC1C(O)C(C)(O)C1CCC2(O)C3=CC(=O)C4CC(OCCCOC)CCC4(C)C3CCC12C. The van der Waals surface area contributed by atoms with E-state index in [-0.39, 0.29) is 41.0 Å². The first kappa shape index (κ1) is 34.9. The number of aliphatic hydroxyl groups is 4. The second-order valence-electron chi connectivity index (χ2n) is 16.3. The van der Waals surface area contributed by atoms with Crippen molar-refractivity contribution in [3.05, 3.63) is 11.6 Å². The van der Waals surface area contributed by atoms with Gasteiger partial charge >= 0.3 is 0 Å². The van der Waals surface area contributed by atoms with Gasteiger partial charge in [-0.3, -0.25) is 10.1 Å². The summed E-state index contributed by atoms with van der Waals surface area (Å²) in [5, 5.41) is 54.2. The van der Waals surface area contributed by atoms with Gasteiger partial charge < -0.3 is 40.0 Å². The van der Waals surface area contributed by atoms with Crippen molar-refractivity contribution in [3.8, 4) is 0 Å². The predicted octanol–water partition coefficient (Wildman–Crippen LogP) is 2.31. The Hall–Kier alpha value is -0.950. The van der Waals surface area contributed by atoms with E-state index in [1.165, 1.54) is 0 Å². The summed E-state index contributed by atoms with van der Waals surface area (Å²) in [4.78, 5) is 13.9. The molecule has 2 aliphatic heterocycles. The second-order valence-corrected chi connectivity index (χ2v) is 16.3. The highest BCUT2D eigenvalue weighted by molar-refractivity contribution is 5.95. The normalized spacial score (nSPS) is 47.3. The Morgan fingerprint density at radius 3 is 2.67 bits per heavy atom. The van der Waals surface area contributed by atoms with E-state index in [4.69, 9.17) is 14.2 Å². The average molecular weight is 649 g/mol. The maximum atomic E-state index is 13.9. The third-order valence-electron chi connectivity index (χ3n) is 14.1. The van der Waals surface area contributed by atoms with Crippen molar-refractivity contribution in [1.29, 1.82) is 0 Å². The zero-order valence-corrected chi connectivity index (χ0v) is 28.7. The Morgan fingerprint density at radius 1 is 1.15 bits per heavy atom. The first-order valence-corrected chi connectivity index (χ1v) is 18.0. The third kappa shape index (κ3) is 5.46. The number of ether oxygens (including phenoxy) is 3. The first-order valence-electron chi connectivity index (χ1n) is 18.0. The van der Waals surface area contributed by atoms with Gasteiger partial charge in [-0.1, -0.05) is 13.8 Å². The summed E-state index contributed by atoms with van der Waals surface area (Å²) in [5.74, 6) is -0.275. The molecule has 6 rings (SSSR count). The third-order valence-corrected chi connectivity index (χ3v) is 14.1. The molecule has 10 heteroatoms. The van der Waals surface area contributed by atoms with Crippen LogP contribution in [0.15, 0.2) is 11.6 Å². The Morgan fingerprint density at radius 2 is 1.93 bits per heavy atom. The van der Waals surface area contributed by atoms with Gasteiger partial charge in [0.25, 0.3) is 0 Å². The van der Waals surface area contributed by atoms with Gasteiger partial charge in [-0.2, -0.15) is 0 Å². The molecule has 6 N–H and O–H groups in total. The minimum absolute atomic E-state index is 0.0193. The van der Waals surface area contributed by atoms with Crippen molar-refractivity contribution < 1.29 is 39.4 Å². The molecule has 0 bridgehead atoms. The number of piperidine rings is 1. The zero-order valence-electron chi connectivity index (χ0n) is 28.7. The lowest BCUT2D eigenvalue weighted by Gasteiger charge is -2.60. The van der Waals surface area contributed by atoms with Crippen molar-refractivity contribution in [2.75, 3.05) is 40.5 Å². The standard InChI is InChI=1S/C36H60N2O8/c1-33-12-7-21(45-18-6-17-44-5)19-26(33)27(39)20-25-24(33)8-13-34(2)28(9-14-36(25,34)43)35(3,42)31(40)29-22(10-15-37-4)23-11-16-38-32(41)30(23)46-29/h20-24,26,28-32,37-38,40-43H,6-19H2,1-5H3. The topological polar surface area (TPSA) is 150 Å². The zero-order chi connectivity index (χ0) is 33.1. The monoisotopic (exact) mass is 648 g/mol. The summed E-state index contributed by atoms with van der Waals surface area (Å²) in [7, 11) is 3.59. The van der Waals surface area contributed by atoms with Crippen LogP contribution in [-0.2, 0) is 19.0 Å². The summed E-state index contributed by atoms with van der Waals surface area (Å²) >= 11 is 0. The molecule has 5 fully saturated rings. The van der Waals surface area contributed by atoms with Crippen LogP contribution in [-0.4, -0.2) is 109 Å². The lowest BCUT2D eigenvalue weighted by Crippen LogP contribution is -2.63. The van der Waals surface area contributed by atoms with Gasteiger partial charge in [-0.15, -0.1) is 0 Å². The highest BCUT2D eigenvalue weighted by Crippen LogP contribution is 2.69. The fraction of sp³-hybridized carbons (Fsp3) is 0.917. The molecule has 0 spiro atoms. The Balaban J connectivity index is 1.23. The molecule has 2 heterocycles. The lowest BCUT2D eigenvalue weighted by atomic mass is 9.46. The van der Waals surface area contributed by atoms with Crippen molar-refractivity contribution >= 4 is 5.78 Å². The number of fused-ring (bicyclic) bond motifs is 6. The van der Waals surface area contributed by atoms with E-state index in [1.807, 2.05) is 7.05 Å². The van der Waals surface area contributed by atoms with Crippen LogP contribution in [0.1, 0.15) is 85.0 Å². The highest BCUT2D eigenvalue weighted by Gasteiger charge is 2.69. The van der Waals surface area contributed by atoms with Crippen molar-refractivity contribution in [3.63, 3.8) is 0 Å². The molecule has 0 aromatic heterocycles. The van der Waals surface area contributed by atoms with Gasteiger partial charge in [-0.05, 0) is 132 Å². The van der Waals surface area contributed by atoms with E-state index in [0.717, 1.165) is 50.6 Å². The highest BCUT2D eigenvalue weighted by atomic mass is 16.5. The van der Waals surface area contributed by atoms with Crippen LogP contribution in [0, 0.1) is 40.4 Å². The van der Waals surface area contributed by atoms with E-state index in [2.05, 4.69) is 24.5 Å². The van der Waals surface area contributed by atoms with Crippen LogP contribution in [0.2, 0.25) is 0 Å². The largest absolute Gasteiger partial charge is 0.387 e. The van der Waals surface area contributed by atoms with Crippen LogP contribution in [0.5, 0.6) is 0 Å². The summed E-state index contributed by atoms with van der Waals surface area (Å²) in [6, 6.07) is 0. The minimum Gasteiger partial charge on any atom is -0.387 e. The average Bonchev–Trinajstić information content (AvgIpc) is 3.54. The van der Waals surface area contributed by atoms with Crippen molar-refractivity contribution in [1.82, 2.24) is 10.6 Å². The molecule has 14 atom stereocenters. The van der Waals surface area contributed by atoms with Gasteiger partial charge in [0.2, 0.25) is 0 Å². The molecule has 10 nitrogen and oxygen atoms in total. The molecule has 6 aliphatic rings. The maximum absolute atomic E-state index is 13.9. The number of nitrogens with one attached hydrogen (secondary N) is 2. The molecule has 3 saturated carbocycles. The number of aliphatic hydroxyl groups excluding tert-OH is 2. The number of hydrogen-bond donors (Lipinski definition) is 6. The first-order chi connectivity index (χ1) is 21.8. The second kappa shape index (κ2) is 13.1. The number of carbonyl (C=O) groups is 1. The van der Waals surface area contributed by atoms with Crippen LogP contribution in [0.4, 0.5) is 0 Å². The Bertz CT molecular complexity index is 1150. The summed E-state index contributed by atoms with van der Waals surface area (Å²) in [6.07, 6.45) is 6.22. The van der Waals surface area contributed by atoms with E-state index in [0.29, 0.717) is 45.4 Å². The molecular formula is C36H60N2O8. The van der Waals surface area contributed by atoms with Gasteiger partial charge in [0, 0.05) is 31.7 Å². The van der Waals surface area contributed by atoms with E-state index >= 15 is 0 Å². The molecule has 0 aromatic carbocycles. The van der Waals surface area contributed by atoms with Crippen LogP contribution >= 0.6 is 0 Å². The number of methoxy groups -OCH3 is 1. The molecular weight excluding hydrogens is 588 g/mol. The van der Waals surface area contributed by atoms with Gasteiger partial charge in [0.1, 0.15) is 18.4 Å². The minimum atomic E-state index is -1.55. The van der Waals surface area contributed by atoms with Gasteiger partial charge in [0.05, 0.1) is 23.4 Å². The van der Waals surface area contributed by atoms with Crippen molar-refractivity contribution in [2.45, 2.75) is 127 Å². The van der Waals surface area contributed by atoms with Gasteiger partial charge in [-0.25, -0.2) is 0 Å². The molecule has 0 amide bonds.